The van der Waals surface area contributed by atoms with Crippen molar-refractivity contribution in [3.63, 3.8) is 0 Å². The van der Waals surface area contributed by atoms with Crippen LogP contribution >= 0.6 is 58.0 Å². The van der Waals surface area contributed by atoms with Gasteiger partial charge in [-0.15, -0.1) is 23.2 Å². The van der Waals surface area contributed by atoms with Gasteiger partial charge in [-0.2, -0.15) is 0 Å². The summed E-state index contributed by atoms with van der Waals surface area (Å²) in [6.45, 7) is 3.37. The fourth-order valence-electron chi connectivity index (χ4n) is 4.02. The third-order valence-electron chi connectivity index (χ3n) is 6.12. The summed E-state index contributed by atoms with van der Waals surface area (Å²) in [7, 11) is 0. The van der Waals surface area contributed by atoms with Gasteiger partial charge in [-0.3, -0.25) is 9.59 Å². The van der Waals surface area contributed by atoms with Crippen LogP contribution in [0.15, 0.2) is 42.5 Å². The monoisotopic (exact) mass is 587 g/mol. The van der Waals surface area contributed by atoms with Crippen LogP contribution in [0, 0.1) is 25.6 Å². The number of carbonyl (C=O) groups is 2. The van der Waals surface area contributed by atoms with Gasteiger partial charge in [-0.05, 0) is 66.9 Å². The molecule has 0 radical (unpaired) electrons. The van der Waals surface area contributed by atoms with E-state index in [2.05, 4.69) is 10.6 Å². The molecule has 0 aliphatic heterocycles. The molecule has 188 valence electrons. The SMILES string of the molecule is Cc1cc(C2C(C(=O)Nc3ccc(Cl)c(C(=O)Nc4ccc(F)c(N)c4C)c3)C2(Cl)Cl)cc(Cl)c1Cl. The molecule has 2 amide bonds. The number of alkyl halides is 2. The number of nitrogens with one attached hydrogen (secondary N) is 2. The summed E-state index contributed by atoms with van der Waals surface area (Å²) in [4.78, 5) is 26.0. The van der Waals surface area contributed by atoms with Crippen molar-refractivity contribution in [1.29, 1.82) is 0 Å². The lowest BCUT2D eigenvalue weighted by atomic mass is 10.1. The molecule has 5 nitrogen and oxygen atoms in total. The molecule has 0 aromatic heterocycles. The number of rotatable bonds is 5. The van der Waals surface area contributed by atoms with E-state index >= 15 is 0 Å². The van der Waals surface area contributed by atoms with Crippen LogP contribution in [0.3, 0.4) is 0 Å². The van der Waals surface area contributed by atoms with E-state index in [1.807, 2.05) is 0 Å². The van der Waals surface area contributed by atoms with E-state index in [0.717, 1.165) is 11.6 Å². The highest BCUT2D eigenvalue weighted by molar-refractivity contribution is 6.53. The Morgan fingerprint density at radius 1 is 0.972 bits per heavy atom. The molecule has 1 saturated carbocycles. The summed E-state index contributed by atoms with van der Waals surface area (Å²) in [6, 6.07) is 10.4. The molecule has 3 aromatic rings. The first-order chi connectivity index (χ1) is 16.8. The Kier molecular flexibility index (Phi) is 7.39. The molecule has 11 heteroatoms. The van der Waals surface area contributed by atoms with Crippen LogP contribution in [0.25, 0.3) is 0 Å². The number of nitrogen functional groups attached to an aromatic ring is 1. The minimum atomic E-state index is -1.35. The van der Waals surface area contributed by atoms with E-state index in [9.17, 15) is 14.0 Å². The van der Waals surface area contributed by atoms with Crippen LogP contribution in [-0.4, -0.2) is 16.1 Å². The van der Waals surface area contributed by atoms with Crippen LogP contribution in [0.2, 0.25) is 15.1 Å². The van der Waals surface area contributed by atoms with Crippen LogP contribution in [0.5, 0.6) is 0 Å². The summed E-state index contributed by atoms with van der Waals surface area (Å²) in [6.07, 6.45) is 0. The summed E-state index contributed by atoms with van der Waals surface area (Å²) in [5.74, 6) is -2.86. The lowest BCUT2D eigenvalue weighted by Crippen LogP contribution is -2.18. The van der Waals surface area contributed by atoms with Crippen molar-refractivity contribution in [2.45, 2.75) is 24.1 Å². The predicted octanol–water partition coefficient (Wildman–Crippen LogP) is 7.76. The fraction of sp³-hybridized carbons (Fsp3) is 0.200. The first-order valence-electron chi connectivity index (χ1n) is 10.6. The maximum atomic E-state index is 13.6. The zero-order chi connectivity index (χ0) is 26.5. The lowest BCUT2D eigenvalue weighted by molar-refractivity contribution is -0.117. The van der Waals surface area contributed by atoms with Crippen LogP contribution in [-0.2, 0) is 4.79 Å². The maximum Gasteiger partial charge on any atom is 0.257 e. The van der Waals surface area contributed by atoms with Gasteiger partial charge >= 0.3 is 0 Å². The molecular weight excluding hydrogens is 571 g/mol. The number of benzene rings is 3. The van der Waals surface area contributed by atoms with E-state index in [1.165, 1.54) is 18.2 Å². The normalized spacial score (nSPS) is 18.0. The Morgan fingerprint density at radius 3 is 2.33 bits per heavy atom. The van der Waals surface area contributed by atoms with E-state index in [4.69, 9.17) is 63.7 Å². The number of amides is 2. The summed E-state index contributed by atoms with van der Waals surface area (Å²) in [5.41, 5.74) is 8.17. The Bertz CT molecular complexity index is 1390. The molecule has 1 aliphatic rings. The lowest BCUT2D eigenvalue weighted by Gasteiger charge is -2.13. The first-order valence-corrected chi connectivity index (χ1v) is 12.5. The van der Waals surface area contributed by atoms with E-state index in [1.54, 1.807) is 32.0 Å². The van der Waals surface area contributed by atoms with Crippen molar-refractivity contribution in [2.75, 3.05) is 16.4 Å². The van der Waals surface area contributed by atoms with E-state index < -0.39 is 33.8 Å². The average molecular weight is 590 g/mol. The number of nitrogens with two attached hydrogens (primary N) is 1. The van der Waals surface area contributed by atoms with E-state index in [0.29, 0.717) is 32.5 Å². The number of halogens is 6. The molecule has 0 bridgehead atoms. The predicted molar refractivity (Wildman–Crippen MR) is 145 cm³/mol. The van der Waals surface area contributed by atoms with Gasteiger partial charge in [0, 0.05) is 17.3 Å². The highest BCUT2D eigenvalue weighted by atomic mass is 35.5. The highest BCUT2D eigenvalue weighted by Crippen LogP contribution is 2.65. The Labute approximate surface area is 232 Å². The molecule has 2 unspecified atom stereocenters. The van der Waals surface area contributed by atoms with Gasteiger partial charge < -0.3 is 16.4 Å². The highest BCUT2D eigenvalue weighted by Gasteiger charge is 2.67. The van der Waals surface area contributed by atoms with Crippen LogP contribution in [0.4, 0.5) is 21.5 Å². The summed E-state index contributed by atoms with van der Waals surface area (Å²) in [5, 5.41) is 6.31. The summed E-state index contributed by atoms with van der Waals surface area (Å²) >= 11 is 31.5. The molecule has 0 spiro atoms. The second kappa shape index (κ2) is 9.92. The number of aryl methyl sites for hydroxylation is 1. The Hall–Kier alpha value is -2.22. The molecule has 0 saturated heterocycles. The van der Waals surface area contributed by atoms with E-state index in [-0.39, 0.29) is 16.3 Å². The first kappa shape index (κ1) is 26.8. The topological polar surface area (TPSA) is 84.2 Å². The van der Waals surface area contributed by atoms with Crippen LogP contribution in [0.1, 0.15) is 33.0 Å². The number of anilines is 3. The molecule has 2 atom stereocenters. The fourth-order valence-corrected chi connectivity index (χ4v) is 5.43. The standard InChI is InChI=1S/C25H19Cl5FN3O2/c1-10-7-12(8-16(27)21(10)28)19-20(25(19,29)30)24(36)33-13-3-4-15(26)14(9-13)23(35)34-18-6-5-17(31)22(32)11(18)2/h3-9,19-20H,32H2,1-2H3,(H,33,36)(H,34,35). The zero-order valence-electron chi connectivity index (χ0n) is 18.9. The van der Waals surface area contributed by atoms with Gasteiger partial charge in [-0.1, -0.05) is 40.9 Å². The molecule has 4 N–H and O–H groups in total. The molecule has 1 fully saturated rings. The maximum absolute atomic E-state index is 13.6. The number of hydrogen-bond donors (Lipinski definition) is 3. The van der Waals surface area contributed by atoms with Crippen LogP contribution < -0.4 is 16.4 Å². The second-order valence-electron chi connectivity index (χ2n) is 8.54. The molecule has 0 heterocycles. The van der Waals surface area contributed by atoms with Gasteiger partial charge in [0.1, 0.15) is 10.2 Å². The summed E-state index contributed by atoms with van der Waals surface area (Å²) < 4.78 is 12.3. The largest absolute Gasteiger partial charge is 0.396 e. The average Bonchev–Trinajstić information content (AvgIpc) is 3.40. The van der Waals surface area contributed by atoms with Gasteiger partial charge in [0.2, 0.25) is 5.91 Å². The van der Waals surface area contributed by atoms with Crippen molar-refractivity contribution in [1.82, 2.24) is 0 Å². The van der Waals surface area contributed by atoms with Gasteiger partial charge in [-0.25, -0.2) is 4.39 Å². The van der Waals surface area contributed by atoms with Crippen molar-refractivity contribution < 1.29 is 14.0 Å². The number of hydrogen-bond acceptors (Lipinski definition) is 3. The number of carbonyl (C=O) groups excluding carboxylic acids is 2. The Morgan fingerprint density at radius 2 is 1.67 bits per heavy atom. The van der Waals surface area contributed by atoms with Gasteiger partial charge in [0.15, 0.2) is 0 Å². The molecule has 1 aliphatic carbocycles. The molecule has 3 aromatic carbocycles. The zero-order valence-corrected chi connectivity index (χ0v) is 22.6. The van der Waals surface area contributed by atoms with Crippen molar-refractivity contribution in [3.8, 4) is 0 Å². The van der Waals surface area contributed by atoms with Crippen molar-refractivity contribution >= 4 is 86.9 Å². The Balaban J connectivity index is 1.53. The second-order valence-corrected chi connectivity index (χ2v) is 11.2. The minimum absolute atomic E-state index is 0.0679. The quantitative estimate of drug-likeness (QED) is 0.210. The van der Waals surface area contributed by atoms with Crippen molar-refractivity contribution in [3.05, 3.63) is 85.6 Å². The molecule has 4 rings (SSSR count). The van der Waals surface area contributed by atoms with Gasteiger partial charge in [0.05, 0.1) is 32.2 Å². The third kappa shape index (κ3) is 4.98. The molecular formula is C25H19Cl5FN3O2. The van der Waals surface area contributed by atoms with Crippen molar-refractivity contribution in [2.24, 2.45) is 5.92 Å². The van der Waals surface area contributed by atoms with Gasteiger partial charge in [0.25, 0.3) is 5.91 Å². The molecule has 36 heavy (non-hydrogen) atoms. The smallest absolute Gasteiger partial charge is 0.257 e. The third-order valence-corrected chi connectivity index (χ3v) is 8.28. The minimum Gasteiger partial charge on any atom is -0.396 e.